The van der Waals surface area contributed by atoms with E-state index >= 15 is 0 Å². The van der Waals surface area contributed by atoms with E-state index in [1.54, 1.807) is 0 Å². The highest BCUT2D eigenvalue weighted by molar-refractivity contribution is 6.38. The molecule has 0 N–H and O–H groups in total. The van der Waals surface area contributed by atoms with Crippen molar-refractivity contribution in [1.82, 2.24) is 13.8 Å². The smallest absolute Gasteiger partial charge is 0.146 e. The molecule has 0 saturated heterocycles. The Kier molecular flexibility index (Phi) is 4.69. The summed E-state index contributed by atoms with van der Waals surface area (Å²) in [7, 11) is 0. The molecule has 12 rings (SSSR count). The van der Waals surface area contributed by atoms with Crippen LogP contribution in [0.5, 0.6) is 0 Å². The lowest BCUT2D eigenvalue weighted by Crippen LogP contribution is -2.10. The van der Waals surface area contributed by atoms with E-state index in [1.807, 2.05) is 0 Å². The maximum absolute atomic E-state index is 5.36. The molecule has 0 saturated carbocycles. The summed E-state index contributed by atoms with van der Waals surface area (Å²) in [5.41, 5.74) is 10.4. The molecule has 0 bridgehead atoms. The number of hydrogen-bond donors (Lipinski definition) is 0. The molecule has 0 amide bonds. The average Bonchev–Trinajstić information content (AvgIpc) is 3.89. The first kappa shape index (κ1) is 25.4. The summed E-state index contributed by atoms with van der Waals surface area (Å²) in [4.78, 5) is 7.74. The maximum Gasteiger partial charge on any atom is 0.146 e. The molecule has 0 spiro atoms. The van der Waals surface area contributed by atoms with E-state index in [0.29, 0.717) is 0 Å². The van der Waals surface area contributed by atoms with Crippen molar-refractivity contribution < 1.29 is 0 Å². The molecule has 5 heterocycles. The van der Waals surface area contributed by atoms with E-state index in [9.17, 15) is 0 Å². The van der Waals surface area contributed by atoms with Crippen molar-refractivity contribution in [3.63, 3.8) is 0 Å². The molecule has 49 heavy (non-hydrogen) atoms. The minimum absolute atomic E-state index is 1.01. The standard InChI is InChI=1S/C45H26N4/c1-3-14-28(15-4-1)47(29-16-5-2-6-17-29)37-24-12-21-32-31-20-11-22-34-40-38(48(42(31)34)43(32)37)26-46-45-41(40)35-25-27-13-7-8-18-30(27)39-33-19-9-10-23-36(33)49(45)44(35)39/h1-26H. The lowest BCUT2D eigenvalue weighted by atomic mass is 9.99. The highest BCUT2D eigenvalue weighted by Gasteiger charge is 2.27. The van der Waals surface area contributed by atoms with E-state index < -0.39 is 0 Å². The number of hydrogen-bond acceptors (Lipinski definition) is 2. The highest BCUT2D eigenvalue weighted by Crippen LogP contribution is 2.49. The van der Waals surface area contributed by atoms with Gasteiger partial charge in [0.15, 0.2) is 0 Å². The van der Waals surface area contributed by atoms with Gasteiger partial charge in [-0.3, -0.25) is 4.40 Å². The van der Waals surface area contributed by atoms with Crippen LogP contribution < -0.4 is 4.90 Å². The molecule has 226 valence electrons. The molecule has 0 unspecified atom stereocenters. The third kappa shape index (κ3) is 3.07. The van der Waals surface area contributed by atoms with Crippen LogP contribution in [-0.2, 0) is 0 Å². The summed E-state index contributed by atoms with van der Waals surface area (Å²) in [5, 5.41) is 12.6. The van der Waals surface area contributed by atoms with Crippen LogP contribution in [0, 0.1) is 0 Å². The Bertz CT molecular complexity index is 3220. The Hall–Kier alpha value is -6.65. The van der Waals surface area contributed by atoms with Crippen molar-refractivity contribution >= 4 is 104 Å². The minimum atomic E-state index is 1.01. The number of rotatable bonds is 3. The van der Waals surface area contributed by atoms with E-state index in [1.165, 1.54) is 75.9 Å². The zero-order chi connectivity index (χ0) is 31.8. The first-order chi connectivity index (χ1) is 24.4. The van der Waals surface area contributed by atoms with Crippen LogP contribution in [0.3, 0.4) is 0 Å². The van der Waals surface area contributed by atoms with Crippen molar-refractivity contribution in [2.75, 3.05) is 4.90 Å². The van der Waals surface area contributed by atoms with Gasteiger partial charge in [0, 0.05) is 54.5 Å². The SMILES string of the molecule is c1ccc(N(c2ccccc2)c2cccc3c4cccc5c6c7c8cc9ccccc9c9c%10ccccc%10n(c7ncc6n(c23)c45)c89)cc1. The number of fused-ring (bicyclic) bond motifs is 15. The molecule has 0 aliphatic carbocycles. The highest BCUT2D eigenvalue weighted by atomic mass is 15.2. The third-order valence-electron chi connectivity index (χ3n) is 10.7. The number of anilines is 3. The van der Waals surface area contributed by atoms with E-state index in [4.69, 9.17) is 4.98 Å². The molecule has 0 atom stereocenters. The van der Waals surface area contributed by atoms with E-state index in [2.05, 4.69) is 172 Å². The van der Waals surface area contributed by atoms with Crippen LogP contribution in [0.15, 0.2) is 158 Å². The van der Waals surface area contributed by atoms with Gasteiger partial charge >= 0.3 is 0 Å². The molecule has 0 radical (unpaired) electrons. The van der Waals surface area contributed by atoms with Crippen LogP contribution in [0.25, 0.3) is 87.1 Å². The Labute approximate surface area is 279 Å². The van der Waals surface area contributed by atoms with Crippen LogP contribution >= 0.6 is 0 Å². The van der Waals surface area contributed by atoms with Crippen molar-refractivity contribution in [1.29, 1.82) is 0 Å². The summed E-state index contributed by atoms with van der Waals surface area (Å²) in [6.45, 7) is 0. The minimum Gasteiger partial charge on any atom is -0.308 e. The quantitative estimate of drug-likeness (QED) is 0.196. The summed E-state index contributed by atoms with van der Waals surface area (Å²) in [5.74, 6) is 0. The monoisotopic (exact) mass is 622 g/mol. The van der Waals surface area contributed by atoms with E-state index in [0.717, 1.165) is 28.2 Å². The van der Waals surface area contributed by atoms with Crippen molar-refractivity contribution in [3.05, 3.63) is 158 Å². The van der Waals surface area contributed by atoms with Gasteiger partial charge in [0.2, 0.25) is 0 Å². The second-order valence-electron chi connectivity index (χ2n) is 13.2. The number of nitrogens with zero attached hydrogens (tertiary/aromatic N) is 4. The number of aromatic nitrogens is 3. The lowest BCUT2D eigenvalue weighted by Gasteiger charge is -2.26. The molecular weight excluding hydrogens is 597 g/mol. The fourth-order valence-corrected chi connectivity index (χ4v) is 8.91. The summed E-state index contributed by atoms with van der Waals surface area (Å²) >= 11 is 0. The molecular formula is C45H26N4. The summed E-state index contributed by atoms with van der Waals surface area (Å²) in [6, 6.07) is 54.9. The Morgan fingerprint density at radius 3 is 1.84 bits per heavy atom. The van der Waals surface area contributed by atoms with Gasteiger partial charge < -0.3 is 9.30 Å². The second-order valence-corrected chi connectivity index (χ2v) is 13.2. The van der Waals surface area contributed by atoms with Crippen molar-refractivity contribution in [2.45, 2.75) is 0 Å². The first-order valence-corrected chi connectivity index (χ1v) is 16.8. The number of pyridine rings is 1. The fourth-order valence-electron chi connectivity index (χ4n) is 8.91. The molecule has 0 aliphatic heterocycles. The van der Waals surface area contributed by atoms with Gasteiger partial charge in [0.05, 0.1) is 39.5 Å². The molecule has 12 aromatic rings. The molecule has 4 heteroatoms. The zero-order valence-electron chi connectivity index (χ0n) is 26.3. The van der Waals surface area contributed by atoms with Gasteiger partial charge in [-0.2, -0.15) is 0 Å². The van der Waals surface area contributed by atoms with Crippen molar-refractivity contribution in [3.8, 4) is 0 Å². The first-order valence-electron chi connectivity index (χ1n) is 16.8. The van der Waals surface area contributed by atoms with Crippen LogP contribution in [0.4, 0.5) is 17.1 Å². The Balaban J connectivity index is 1.30. The van der Waals surface area contributed by atoms with Gasteiger partial charge in [-0.05, 0) is 53.2 Å². The van der Waals surface area contributed by atoms with Gasteiger partial charge in [0.1, 0.15) is 5.65 Å². The van der Waals surface area contributed by atoms with Gasteiger partial charge in [0.25, 0.3) is 0 Å². The predicted molar refractivity (Wildman–Crippen MR) is 206 cm³/mol. The van der Waals surface area contributed by atoms with E-state index in [-0.39, 0.29) is 0 Å². The molecule has 5 aromatic heterocycles. The topological polar surface area (TPSA) is 24.9 Å². The lowest BCUT2D eigenvalue weighted by molar-refractivity contribution is 1.25. The normalized spacial score (nSPS) is 12.5. The third-order valence-corrected chi connectivity index (χ3v) is 10.7. The Morgan fingerprint density at radius 1 is 0.408 bits per heavy atom. The van der Waals surface area contributed by atoms with Gasteiger partial charge in [-0.1, -0.05) is 109 Å². The average molecular weight is 623 g/mol. The van der Waals surface area contributed by atoms with Crippen LogP contribution in [0.1, 0.15) is 0 Å². The molecule has 0 fully saturated rings. The fraction of sp³-hybridized carbons (Fsp3) is 0. The summed E-state index contributed by atoms with van der Waals surface area (Å²) < 4.78 is 4.90. The Morgan fingerprint density at radius 2 is 1.04 bits per heavy atom. The molecule has 0 aliphatic rings. The molecule has 4 nitrogen and oxygen atoms in total. The predicted octanol–water partition coefficient (Wildman–Crippen LogP) is 12.0. The molecule has 7 aromatic carbocycles. The number of para-hydroxylation sites is 5. The maximum atomic E-state index is 5.36. The van der Waals surface area contributed by atoms with Gasteiger partial charge in [-0.25, -0.2) is 4.98 Å². The number of benzene rings is 7. The largest absolute Gasteiger partial charge is 0.308 e. The van der Waals surface area contributed by atoms with Crippen LogP contribution in [0.2, 0.25) is 0 Å². The van der Waals surface area contributed by atoms with Crippen LogP contribution in [-0.4, -0.2) is 13.8 Å². The zero-order valence-corrected chi connectivity index (χ0v) is 26.3. The second kappa shape index (κ2) is 9.03. The van der Waals surface area contributed by atoms with Gasteiger partial charge in [-0.15, -0.1) is 0 Å². The summed E-state index contributed by atoms with van der Waals surface area (Å²) in [6.07, 6.45) is 2.12. The van der Waals surface area contributed by atoms with Crippen molar-refractivity contribution in [2.24, 2.45) is 0 Å².